The number of hydrogen-bond donors (Lipinski definition) is 1. The SMILES string of the molecule is CC(=O)O.CC(C)CCC(c1cc(C(F)(F)F)ccc1C(F)(F)F)N1CCCCC1c1ccc(C(F)(F)F)cc1. The zero-order valence-electron chi connectivity index (χ0n) is 22.2. The van der Waals surface area contributed by atoms with E-state index in [0.29, 0.717) is 56.0 Å². The Kier molecular flexibility index (Phi) is 11.1. The fourth-order valence-electron chi connectivity index (χ4n) is 4.84. The molecular formula is C28H32F9NO2. The number of rotatable bonds is 6. The maximum Gasteiger partial charge on any atom is 0.416 e. The van der Waals surface area contributed by atoms with Gasteiger partial charge in [-0.1, -0.05) is 32.4 Å². The molecule has 2 aromatic rings. The lowest BCUT2D eigenvalue weighted by Gasteiger charge is -2.43. The van der Waals surface area contributed by atoms with Crippen molar-refractivity contribution >= 4 is 5.97 Å². The van der Waals surface area contributed by atoms with Crippen molar-refractivity contribution in [1.29, 1.82) is 0 Å². The summed E-state index contributed by atoms with van der Waals surface area (Å²) < 4.78 is 122. The van der Waals surface area contributed by atoms with Crippen molar-refractivity contribution in [3.8, 4) is 0 Å². The number of carboxylic acid groups (broad SMARTS) is 1. The Labute approximate surface area is 227 Å². The van der Waals surface area contributed by atoms with Gasteiger partial charge in [0.05, 0.1) is 16.7 Å². The molecule has 3 rings (SSSR count). The fraction of sp³-hybridized carbons (Fsp3) is 0.536. The normalized spacial score (nSPS) is 17.8. The van der Waals surface area contributed by atoms with Gasteiger partial charge < -0.3 is 5.11 Å². The minimum absolute atomic E-state index is 0.0851. The van der Waals surface area contributed by atoms with E-state index < -0.39 is 58.8 Å². The summed E-state index contributed by atoms with van der Waals surface area (Å²) >= 11 is 0. The molecule has 2 aromatic carbocycles. The second-order valence-electron chi connectivity index (χ2n) is 10.2. The third-order valence-electron chi connectivity index (χ3n) is 6.63. The van der Waals surface area contributed by atoms with Crippen LogP contribution in [0.4, 0.5) is 39.5 Å². The minimum atomic E-state index is -4.87. The van der Waals surface area contributed by atoms with Crippen LogP contribution in [-0.4, -0.2) is 22.5 Å². The summed E-state index contributed by atoms with van der Waals surface area (Å²) in [5.41, 5.74) is -3.08. The van der Waals surface area contributed by atoms with Crippen molar-refractivity contribution in [2.45, 2.75) is 83.5 Å². The van der Waals surface area contributed by atoms with E-state index in [9.17, 15) is 39.5 Å². The Morgan fingerprint density at radius 1 is 0.850 bits per heavy atom. The van der Waals surface area contributed by atoms with Gasteiger partial charge in [-0.2, -0.15) is 39.5 Å². The van der Waals surface area contributed by atoms with Crippen molar-refractivity contribution in [1.82, 2.24) is 4.90 Å². The van der Waals surface area contributed by atoms with Crippen LogP contribution in [0.25, 0.3) is 0 Å². The second kappa shape index (κ2) is 13.3. The molecule has 0 bridgehead atoms. The Morgan fingerprint density at radius 3 is 1.85 bits per heavy atom. The molecule has 224 valence electrons. The minimum Gasteiger partial charge on any atom is -0.481 e. The van der Waals surface area contributed by atoms with Crippen molar-refractivity contribution in [3.05, 3.63) is 70.3 Å². The maximum atomic E-state index is 14.0. The molecule has 0 amide bonds. The molecule has 40 heavy (non-hydrogen) atoms. The summed E-state index contributed by atoms with van der Waals surface area (Å²) in [5.74, 6) is -0.748. The smallest absolute Gasteiger partial charge is 0.416 e. The molecule has 3 nitrogen and oxygen atoms in total. The first kappa shape index (κ1) is 33.4. The molecule has 0 radical (unpaired) electrons. The predicted molar refractivity (Wildman–Crippen MR) is 131 cm³/mol. The summed E-state index contributed by atoms with van der Waals surface area (Å²) in [7, 11) is 0. The monoisotopic (exact) mass is 585 g/mol. The molecule has 1 aliphatic rings. The summed E-state index contributed by atoms with van der Waals surface area (Å²) in [6.45, 7) is 5.15. The highest BCUT2D eigenvalue weighted by Gasteiger charge is 2.41. The van der Waals surface area contributed by atoms with E-state index >= 15 is 0 Å². The summed E-state index contributed by atoms with van der Waals surface area (Å²) in [4.78, 5) is 10.7. The lowest BCUT2D eigenvalue weighted by molar-refractivity contribution is -0.142. The molecule has 0 spiro atoms. The first-order valence-electron chi connectivity index (χ1n) is 12.7. The van der Waals surface area contributed by atoms with Gasteiger partial charge in [-0.25, -0.2) is 0 Å². The molecule has 1 heterocycles. The molecule has 12 heteroatoms. The summed E-state index contributed by atoms with van der Waals surface area (Å²) in [5, 5.41) is 7.42. The van der Waals surface area contributed by atoms with Gasteiger partial charge in [0.25, 0.3) is 5.97 Å². The van der Waals surface area contributed by atoms with Gasteiger partial charge in [0.1, 0.15) is 0 Å². The highest BCUT2D eigenvalue weighted by Crippen LogP contribution is 2.46. The zero-order valence-corrected chi connectivity index (χ0v) is 22.2. The zero-order chi connectivity index (χ0) is 30.5. The number of piperidine rings is 1. The van der Waals surface area contributed by atoms with Crippen LogP contribution in [0.15, 0.2) is 42.5 Å². The first-order valence-corrected chi connectivity index (χ1v) is 12.7. The van der Waals surface area contributed by atoms with E-state index in [1.54, 1.807) is 4.90 Å². The number of carboxylic acids is 1. The van der Waals surface area contributed by atoms with Gasteiger partial charge in [0, 0.05) is 19.0 Å². The molecular weight excluding hydrogens is 553 g/mol. The molecule has 1 N–H and O–H groups in total. The Bertz CT molecular complexity index is 1100. The maximum absolute atomic E-state index is 14.0. The molecule has 1 saturated heterocycles. The van der Waals surface area contributed by atoms with Crippen LogP contribution in [-0.2, 0) is 23.3 Å². The van der Waals surface area contributed by atoms with E-state index in [0.717, 1.165) is 19.1 Å². The standard InChI is InChI=1S/C26H28F9N.C2H4O2/c1-16(2)6-13-23(20-15-19(25(30,31)32)11-12-21(20)26(33,34)35)36-14-4-3-5-22(36)17-7-9-18(10-8-17)24(27,28)29;1-2(3)4/h7-12,15-16,22-23H,3-6,13-14H2,1-2H3;1H3,(H,3,4). The van der Waals surface area contributed by atoms with Gasteiger partial charge >= 0.3 is 18.5 Å². The number of benzene rings is 2. The van der Waals surface area contributed by atoms with Gasteiger partial charge in [0.2, 0.25) is 0 Å². The van der Waals surface area contributed by atoms with Gasteiger partial charge in [-0.15, -0.1) is 0 Å². The van der Waals surface area contributed by atoms with Crippen LogP contribution in [0.5, 0.6) is 0 Å². The van der Waals surface area contributed by atoms with E-state index in [1.807, 2.05) is 13.8 Å². The van der Waals surface area contributed by atoms with Crippen molar-refractivity contribution < 1.29 is 49.4 Å². The number of halogens is 9. The third kappa shape index (κ3) is 9.42. The average Bonchev–Trinajstić information content (AvgIpc) is 2.82. The van der Waals surface area contributed by atoms with Gasteiger partial charge in [-0.3, -0.25) is 9.69 Å². The number of alkyl halides is 9. The third-order valence-corrected chi connectivity index (χ3v) is 6.63. The molecule has 2 atom stereocenters. The number of aliphatic carboxylic acids is 1. The quantitative estimate of drug-likeness (QED) is 0.343. The second-order valence-corrected chi connectivity index (χ2v) is 10.2. The van der Waals surface area contributed by atoms with E-state index in [-0.39, 0.29) is 12.3 Å². The number of carbonyl (C=O) groups is 1. The van der Waals surface area contributed by atoms with Crippen LogP contribution < -0.4 is 0 Å². The number of likely N-dealkylation sites (tertiary alicyclic amines) is 1. The van der Waals surface area contributed by atoms with E-state index in [4.69, 9.17) is 9.90 Å². The average molecular weight is 586 g/mol. The van der Waals surface area contributed by atoms with Crippen molar-refractivity contribution in [2.24, 2.45) is 5.92 Å². The van der Waals surface area contributed by atoms with Gasteiger partial charge in [0.15, 0.2) is 0 Å². The molecule has 2 unspecified atom stereocenters. The fourth-order valence-corrected chi connectivity index (χ4v) is 4.84. The van der Waals surface area contributed by atoms with Crippen LogP contribution in [0, 0.1) is 5.92 Å². The Hall–Kier alpha value is -2.76. The number of nitrogens with zero attached hydrogens (tertiary/aromatic N) is 1. The molecule has 1 aliphatic heterocycles. The number of hydrogen-bond acceptors (Lipinski definition) is 2. The molecule has 0 aliphatic carbocycles. The lowest BCUT2D eigenvalue weighted by atomic mass is 9.86. The first-order chi connectivity index (χ1) is 18.3. The largest absolute Gasteiger partial charge is 0.481 e. The highest BCUT2D eigenvalue weighted by atomic mass is 19.4. The Balaban J connectivity index is 0.00000131. The lowest BCUT2D eigenvalue weighted by Crippen LogP contribution is -2.38. The van der Waals surface area contributed by atoms with Crippen molar-refractivity contribution in [2.75, 3.05) is 6.54 Å². The topological polar surface area (TPSA) is 40.5 Å². The van der Waals surface area contributed by atoms with Crippen molar-refractivity contribution in [3.63, 3.8) is 0 Å². The Morgan fingerprint density at radius 2 is 1.38 bits per heavy atom. The molecule has 1 fully saturated rings. The van der Waals surface area contributed by atoms with Crippen LogP contribution in [0.3, 0.4) is 0 Å². The predicted octanol–water partition coefficient (Wildman–Crippen LogP) is 9.54. The van der Waals surface area contributed by atoms with Crippen LogP contribution in [0.1, 0.15) is 92.8 Å². The van der Waals surface area contributed by atoms with E-state index in [1.165, 1.54) is 12.1 Å². The highest BCUT2D eigenvalue weighted by molar-refractivity contribution is 5.62. The van der Waals surface area contributed by atoms with Gasteiger partial charge in [-0.05, 0) is 79.6 Å². The molecule has 0 aromatic heterocycles. The van der Waals surface area contributed by atoms with Crippen LogP contribution >= 0.6 is 0 Å². The molecule has 0 saturated carbocycles. The summed E-state index contributed by atoms with van der Waals surface area (Å²) in [6.07, 6.45) is -11.8. The van der Waals surface area contributed by atoms with Crippen LogP contribution in [0.2, 0.25) is 0 Å². The summed E-state index contributed by atoms with van der Waals surface area (Å²) in [6, 6.07) is 4.48. The van der Waals surface area contributed by atoms with E-state index in [2.05, 4.69) is 0 Å².